The molecule has 2 aliphatic rings. The second-order valence-electron chi connectivity index (χ2n) is 7.98. The van der Waals surface area contributed by atoms with E-state index in [4.69, 9.17) is 14.2 Å². The Kier molecular flexibility index (Phi) is 5.07. The highest BCUT2D eigenvalue weighted by Gasteiger charge is 2.45. The number of nitrogens with zero attached hydrogens (tertiary/aromatic N) is 4. The van der Waals surface area contributed by atoms with Crippen molar-refractivity contribution in [1.29, 1.82) is 0 Å². The van der Waals surface area contributed by atoms with E-state index in [9.17, 15) is 8.78 Å². The topological polar surface area (TPSA) is 61.6 Å². The fourth-order valence-corrected chi connectivity index (χ4v) is 4.31. The monoisotopic (exact) mass is 428 g/mol. The van der Waals surface area contributed by atoms with Gasteiger partial charge in [-0.25, -0.2) is 18.4 Å². The molecule has 2 aliphatic heterocycles. The van der Waals surface area contributed by atoms with Gasteiger partial charge < -0.3 is 14.2 Å². The summed E-state index contributed by atoms with van der Waals surface area (Å²) in [5.74, 6) is 0.238. The van der Waals surface area contributed by atoms with Crippen molar-refractivity contribution in [3.05, 3.63) is 71.8 Å². The van der Waals surface area contributed by atoms with Gasteiger partial charge in [-0.3, -0.25) is 4.90 Å². The van der Waals surface area contributed by atoms with E-state index in [1.807, 2.05) is 25.2 Å². The highest BCUT2D eigenvalue weighted by Crippen LogP contribution is 2.41. The molecule has 1 saturated heterocycles. The molecule has 0 unspecified atom stereocenters. The molecule has 0 bridgehead atoms. The van der Waals surface area contributed by atoms with Gasteiger partial charge in [-0.15, -0.1) is 0 Å². The Balaban J connectivity index is 1.38. The Morgan fingerprint density at radius 3 is 2.84 bits per heavy atom. The summed E-state index contributed by atoms with van der Waals surface area (Å²) in [7, 11) is 2.01. The summed E-state index contributed by atoms with van der Waals surface area (Å²) < 4.78 is 47.0. The number of fused-ring (bicyclic) bond motifs is 1. The van der Waals surface area contributed by atoms with Crippen molar-refractivity contribution in [3.63, 3.8) is 0 Å². The van der Waals surface area contributed by atoms with Gasteiger partial charge in [-0.1, -0.05) is 12.1 Å². The van der Waals surface area contributed by atoms with Crippen LogP contribution in [0.15, 0.2) is 49.1 Å². The lowest BCUT2D eigenvalue weighted by Gasteiger charge is -2.30. The van der Waals surface area contributed by atoms with E-state index in [1.54, 1.807) is 11.0 Å². The molecule has 3 aromatic rings. The third-order valence-corrected chi connectivity index (χ3v) is 5.92. The highest BCUT2D eigenvalue weighted by molar-refractivity contribution is 5.44. The lowest BCUT2D eigenvalue weighted by atomic mass is 9.88. The van der Waals surface area contributed by atoms with Gasteiger partial charge >= 0.3 is 0 Å². The first-order chi connectivity index (χ1) is 15.0. The van der Waals surface area contributed by atoms with Gasteiger partial charge in [0.25, 0.3) is 0 Å². The standard InChI is InChI=1S/C22H22F2N4O3/c1-27(9-15-2-5-20-21(6-15)30-14-29-20)17-8-22(31-10-17,11-28-13-25-12-26-28)18-4-3-16(23)7-19(18)24/h2-7,12-13,17H,8-11,14H2,1H3/t17-,22+/m1/s1. The molecule has 0 amide bonds. The number of hydrogen-bond donors (Lipinski definition) is 0. The summed E-state index contributed by atoms with van der Waals surface area (Å²) in [6, 6.07) is 9.51. The van der Waals surface area contributed by atoms with E-state index < -0.39 is 17.2 Å². The zero-order chi connectivity index (χ0) is 21.4. The molecule has 2 aromatic carbocycles. The van der Waals surface area contributed by atoms with E-state index in [0.717, 1.165) is 23.1 Å². The first-order valence-electron chi connectivity index (χ1n) is 10.0. The second kappa shape index (κ2) is 7.90. The van der Waals surface area contributed by atoms with Crippen molar-refractivity contribution in [3.8, 4) is 11.5 Å². The van der Waals surface area contributed by atoms with Crippen molar-refractivity contribution in [2.45, 2.75) is 31.2 Å². The molecule has 9 heteroatoms. The number of hydrogen-bond acceptors (Lipinski definition) is 6. The first-order valence-corrected chi connectivity index (χ1v) is 10.0. The van der Waals surface area contributed by atoms with Gasteiger partial charge in [0.1, 0.15) is 29.9 Å². The summed E-state index contributed by atoms with van der Waals surface area (Å²) in [5, 5.41) is 4.16. The van der Waals surface area contributed by atoms with E-state index in [-0.39, 0.29) is 19.4 Å². The molecule has 1 aromatic heterocycles. The van der Waals surface area contributed by atoms with Gasteiger partial charge in [0.2, 0.25) is 6.79 Å². The van der Waals surface area contributed by atoms with Gasteiger partial charge in [0, 0.05) is 30.6 Å². The first kappa shape index (κ1) is 19.9. The minimum atomic E-state index is -0.973. The molecule has 162 valence electrons. The highest BCUT2D eigenvalue weighted by atomic mass is 19.1. The molecule has 0 N–H and O–H groups in total. The van der Waals surface area contributed by atoms with Crippen molar-refractivity contribution >= 4 is 0 Å². The number of ether oxygens (including phenoxy) is 3. The summed E-state index contributed by atoms with van der Waals surface area (Å²) in [4.78, 5) is 6.14. The van der Waals surface area contributed by atoms with Gasteiger partial charge in [0.05, 0.1) is 13.2 Å². The van der Waals surface area contributed by atoms with Crippen LogP contribution in [0.1, 0.15) is 17.5 Å². The Hall–Kier alpha value is -3.04. The number of benzene rings is 2. The van der Waals surface area contributed by atoms with Crippen LogP contribution in [-0.2, 0) is 23.4 Å². The molecule has 0 radical (unpaired) electrons. The number of rotatable bonds is 6. The normalized spacial score (nSPS) is 22.4. The maximum absolute atomic E-state index is 14.8. The van der Waals surface area contributed by atoms with E-state index in [0.29, 0.717) is 25.1 Å². The van der Waals surface area contributed by atoms with Crippen LogP contribution < -0.4 is 9.47 Å². The SMILES string of the molecule is CN(Cc1ccc2c(c1)OCO2)[C@H]1CO[C@@](Cn2cncn2)(c2ccc(F)cc2F)C1. The quantitative estimate of drug-likeness (QED) is 0.601. The van der Waals surface area contributed by atoms with Gasteiger partial charge in [0.15, 0.2) is 11.5 Å². The minimum absolute atomic E-state index is 0.0263. The zero-order valence-electron chi connectivity index (χ0n) is 17.0. The average molecular weight is 428 g/mol. The molecule has 5 rings (SSSR count). The van der Waals surface area contributed by atoms with Crippen LogP contribution in [0.4, 0.5) is 8.78 Å². The van der Waals surface area contributed by atoms with Crippen LogP contribution in [0.3, 0.4) is 0 Å². The van der Waals surface area contributed by atoms with Crippen molar-refractivity contribution in [2.75, 3.05) is 20.4 Å². The largest absolute Gasteiger partial charge is 0.454 e. The molecule has 0 saturated carbocycles. The predicted molar refractivity (Wildman–Crippen MR) is 106 cm³/mol. The zero-order valence-corrected chi connectivity index (χ0v) is 17.0. The fraction of sp³-hybridized carbons (Fsp3) is 0.364. The smallest absolute Gasteiger partial charge is 0.231 e. The average Bonchev–Trinajstić information content (AvgIpc) is 3.49. The van der Waals surface area contributed by atoms with Crippen LogP contribution in [0.25, 0.3) is 0 Å². The van der Waals surface area contributed by atoms with Crippen molar-refractivity contribution in [2.24, 2.45) is 0 Å². The van der Waals surface area contributed by atoms with Gasteiger partial charge in [-0.2, -0.15) is 5.10 Å². The third-order valence-electron chi connectivity index (χ3n) is 5.92. The lowest BCUT2D eigenvalue weighted by molar-refractivity contribution is -0.0208. The number of aromatic nitrogens is 3. The van der Waals surface area contributed by atoms with Crippen molar-refractivity contribution < 1.29 is 23.0 Å². The van der Waals surface area contributed by atoms with Crippen LogP contribution in [-0.4, -0.2) is 46.2 Å². The van der Waals surface area contributed by atoms with E-state index >= 15 is 0 Å². The summed E-state index contributed by atoms with van der Waals surface area (Å²) in [5.41, 5.74) is 0.427. The molecule has 1 fully saturated rings. The summed E-state index contributed by atoms with van der Waals surface area (Å²) >= 11 is 0. The maximum atomic E-state index is 14.8. The fourth-order valence-electron chi connectivity index (χ4n) is 4.31. The second-order valence-corrected chi connectivity index (χ2v) is 7.98. The van der Waals surface area contributed by atoms with Crippen LogP contribution in [0.2, 0.25) is 0 Å². The van der Waals surface area contributed by atoms with Crippen LogP contribution >= 0.6 is 0 Å². The van der Waals surface area contributed by atoms with Crippen LogP contribution in [0.5, 0.6) is 11.5 Å². The molecule has 7 nitrogen and oxygen atoms in total. The Morgan fingerprint density at radius 2 is 2.03 bits per heavy atom. The summed E-state index contributed by atoms with van der Waals surface area (Å²) in [6.07, 6.45) is 3.51. The minimum Gasteiger partial charge on any atom is -0.454 e. The van der Waals surface area contributed by atoms with E-state index in [2.05, 4.69) is 15.0 Å². The van der Waals surface area contributed by atoms with Crippen LogP contribution in [0, 0.1) is 11.6 Å². The molecular weight excluding hydrogens is 406 g/mol. The Labute approximate surface area is 178 Å². The molecule has 0 aliphatic carbocycles. The maximum Gasteiger partial charge on any atom is 0.231 e. The van der Waals surface area contributed by atoms with E-state index in [1.165, 1.54) is 18.5 Å². The predicted octanol–water partition coefficient (Wildman–Crippen LogP) is 3.10. The molecule has 31 heavy (non-hydrogen) atoms. The van der Waals surface area contributed by atoms with Gasteiger partial charge in [-0.05, 0) is 30.8 Å². The molecule has 0 spiro atoms. The molecular formula is C22H22F2N4O3. The Bertz CT molecular complexity index is 1080. The molecule has 2 atom stereocenters. The summed E-state index contributed by atoms with van der Waals surface area (Å²) in [6.45, 7) is 1.59. The molecule has 3 heterocycles. The third kappa shape index (κ3) is 3.86. The number of halogens is 2. The Morgan fingerprint density at radius 1 is 1.16 bits per heavy atom. The lowest BCUT2D eigenvalue weighted by Crippen LogP contribution is -2.36. The van der Waals surface area contributed by atoms with Crippen molar-refractivity contribution in [1.82, 2.24) is 19.7 Å². The number of likely N-dealkylation sites (N-methyl/N-ethyl adjacent to an activating group) is 1.